The number of nitrogens with zero attached hydrogens (tertiary/aromatic N) is 1. The van der Waals surface area contributed by atoms with E-state index in [0.29, 0.717) is 6.41 Å². The van der Waals surface area contributed by atoms with Gasteiger partial charge in [-0.3, -0.25) is 14.9 Å². The largest absolute Gasteiger partial charge is 0.380 e. The van der Waals surface area contributed by atoms with Crippen LogP contribution in [0.5, 0.6) is 0 Å². The highest BCUT2D eigenvalue weighted by Crippen LogP contribution is 2.30. The summed E-state index contributed by atoms with van der Waals surface area (Å²) in [5.41, 5.74) is 0. The molecule has 2 N–H and O–H groups in total. The SMILES string of the molecule is COCC(OCP(O)OC)OC(COC)N(C)/C=C\C(=O)NC=O. The maximum atomic E-state index is 11.3. The molecule has 0 aliphatic carbocycles. The molecule has 140 valence electrons. The molecule has 2 amide bonds. The Labute approximate surface area is 142 Å². The zero-order valence-corrected chi connectivity index (χ0v) is 15.1. The van der Waals surface area contributed by atoms with Gasteiger partial charge >= 0.3 is 0 Å². The summed E-state index contributed by atoms with van der Waals surface area (Å²) in [6, 6.07) is 0. The van der Waals surface area contributed by atoms with Gasteiger partial charge in [0.2, 0.25) is 6.41 Å². The molecule has 0 aliphatic rings. The molecule has 10 nitrogen and oxygen atoms in total. The quantitative estimate of drug-likeness (QED) is 0.183. The summed E-state index contributed by atoms with van der Waals surface area (Å²) < 4.78 is 26.0. The maximum absolute atomic E-state index is 11.3. The second-order valence-electron chi connectivity index (χ2n) is 4.37. The minimum Gasteiger partial charge on any atom is -0.380 e. The third-order valence-electron chi connectivity index (χ3n) is 2.62. The predicted molar refractivity (Wildman–Crippen MR) is 85.6 cm³/mol. The van der Waals surface area contributed by atoms with Crippen molar-refractivity contribution in [2.75, 3.05) is 47.9 Å². The van der Waals surface area contributed by atoms with Crippen LogP contribution in [0.15, 0.2) is 12.3 Å². The number of nitrogens with one attached hydrogen (secondary N) is 1. The highest BCUT2D eigenvalue weighted by atomic mass is 31.2. The van der Waals surface area contributed by atoms with Crippen molar-refractivity contribution in [2.24, 2.45) is 0 Å². The van der Waals surface area contributed by atoms with Crippen molar-refractivity contribution >= 4 is 20.7 Å². The Bertz CT molecular complexity index is 385. The second-order valence-corrected chi connectivity index (χ2v) is 5.70. The highest BCUT2D eigenvalue weighted by Gasteiger charge is 2.21. The lowest BCUT2D eigenvalue weighted by Gasteiger charge is -2.30. The molecule has 0 saturated carbocycles. The van der Waals surface area contributed by atoms with Gasteiger partial charge in [0.25, 0.3) is 5.91 Å². The number of likely N-dealkylation sites (N-methyl/N-ethyl adjacent to an activating group) is 1. The first-order valence-electron chi connectivity index (χ1n) is 6.88. The Kier molecular flexibility index (Phi) is 13.6. The lowest BCUT2D eigenvalue weighted by Crippen LogP contribution is -2.40. The first-order chi connectivity index (χ1) is 11.5. The van der Waals surface area contributed by atoms with Crippen LogP contribution in [-0.2, 0) is 33.1 Å². The van der Waals surface area contributed by atoms with Crippen molar-refractivity contribution < 1.29 is 38.0 Å². The zero-order valence-electron chi connectivity index (χ0n) is 14.2. The number of carbonyl (C=O) groups excluding carboxylic acids is 2. The minimum absolute atomic E-state index is 0.0408. The fourth-order valence-corrected chi connectivity index (χ4v) is 1.82. The summed E-state index contributed by atoms with van der Waals surface area (Å²) in [6.45, 7) is 0.300. The molecular weight excluding hydrogens is 343 g/mol. The summed E-state index contributed by atoms with van der Waals surface area (Å²) in [6.07, 6.45) is 1.48. The molecule has 0 radical (unpaired) electrons. The Hall–Kier alpha value is -1.13. The number of hydrogen-bond acceptors (Lipinski definition) is 9. The number of imide groups is 1. The van der Waals surface area contributed by atoms with E-state index in [4.69, 9.17) is 23.5 Å². The fraction of sp³-hybridized carbons (Fsp3) is 0.692. The Balaban J connectivity index is 4.72. The van der Waals surface area contributed by atoms with Gasteiger partial charge in [-0.1, -0.05) is 0 Å². The summed E-state index contributed by atoms with van der Waals surface area (Å²) in [4.78, 5) is 32.4. The number of rotatable bonds is 14. The van der Waals surface area contributed by atoms with Crippen LogP contribution in [0, 0.1) is 0 Å². The van der Waals surface area contributed by atoms with Crippen LogP contribution in [0.25, 0.3) is 0 Å². The molecular formula is C13H25N2O8P. The predicted octanol–water partition coefficient (Wildman–Crippen LogP) is -0.409. The fourth-order valence-electron chi connectivity index (χ4n) is 1.42. The Morgan fingerprint density at radius 2 is 1.96 bits per heavy atom. The van der Waals surface area contributed by atoms with Gasteiger partial charge in [0, 0.05) is 40.7 Å². The van der Waals surface area contributed by atoms with Gasteiger partial charge in [-0.2, -0.15) is 0 Å². The third kappa shape index (κ3) is 10.6. The zero-order chi connectivity index (χ0) is 18.4. The van der Waals surface area contributed by atoms with Crippen LogP contribution >= 0.6 is 8.38 Å². The molecule has 0 saturated heterocycles. The van der Waals surface area contributed by atoms with Gasteiger partial charge in [0.15, 0.2) is 20.9 Å². The first kappa shape index (κ1) is 22.9. The molecule has 0 spiro atoms. The van der Waals surface area contributed by atoms with Gasteiger partial charge in [0.1, 0.15) is 6.35 Å². The topological polar surface area (TPSA) is 116 Å². The number of carbonyl (C=O) groups is 2. The van der Waals surface area contributed by atoms with Crippen molar-refractivity contribution in [2.45, 2.75) is 12.5 Å². The van der Waals surface area contributed by atoms with Crippen molar-refractivity contribution in [3.63, 3.8) is 0 Å². The van der Waals surface area contributed by atoms with E-state index in [2.05, 4.69) is 0 Å². The minimum atomic E-state index is -1.69. The van der Waals surface area contributed by atoms with E-state index in [1.807, 2.05) is 5.32 Å². The number of ether oxygens (including phenoxy) is 4. The Morgan fingerprint density at radius 3 is 2.50 bits per heavy atom. The van der Waals surface area contributed by atoms with Crippen LogP contribution in [0.3, 0.4) is 0 Å². The Morgan fingerprint density at radius 1 is 1.29 bits per heavy atom. The molecule has 0 aliphatic heterocycles. The molecule has 0 rings (SSSR count). The monoisotopic (exact) mass is 368 g/mol. The van der Waals surface area contributed by atoms with Crippen LogP contribution in [0.2, 0.25) is 0 Å². The molecule has 0 heterocycles. The highest BCUT2D eigenvalue weighted by molar-refractivity contribution is 7.45. The van der Waals surface area contributed by atoms with Gasteiger partial charge < -0.3 is 33.3 Å². The average molecular weight is 368 g/mol. The van der Waals surface area contributed by atoms with Crippen LogP contribution in [-0.4, -0.2) is 82.6 Å². The van der Waals surface area contributed by atoms with E-state index in [1.54, 1.807) is 11.9 Å². The molecule has 0 aromatic heterocycles. The third-order valence-corrected chi connectivity index (χ3v) is 3.41. The molecule has 24 heavy (non-hydrogen) atoms. The molecule has 11 heteroatoms. The van der Waals surface area contributed by atoms with Gasteiger partial charge in [-0.25, -0.2) is 0 Å². The summed E-state index contributed by atoms with van der Waals surface area (Å²) in [5.74, 6) is -0.566. The van der Waals surface area contributed by atoms with E-state index in [9.17, 15) is 14.5 Å². The van der Waals surface area contributed by atoms with Crippen LogP contribution < -0.4 is 5.32 Å². The number of amides is 2. The standard InChI is InChI=1S/C13H25N2O8P/c1-15(6-5-11(17)14-9-16)12(7-19-2)23-13(8-20-3)22-10-24(18)21-4/h5-6,9,12-13,18H,7-8,10H2,1-4H3,(H,14,16,17)/b6-5-. The summed E-state index contributed by atoms with van der Waals surface area (Å²) >= 11 is 0. The van der Waals surface area contributed by atoms with E-state index < -0.39 is 26.8 Å². The summed E-state index contributed by atoms with van der Waals surface area (Å²) in [5, 5.41) is 1.98. The molecule has 3 unspecified atom stereocenters. The molecule has 0 fully saturated rings. The van der Waals surface area contributed by atoms with Crippen LogP contribution in [0.1, 0.15) is 0 Å². The molecule has 0 aromatic rings. The average Bonchev–Trinajstić information content (AvgIpc) is 2.57. The number of methoxy groups -OCH3 is 2. The number of hydrogen-bond donors (Lipinski definition) is 2. The van der Waals surface area contributed by atoms with Crippen molar-refractivity contribution in [1.29, 1.82) is 0 Å². The molecule has 0 bridgehead atoms. The smallest absolute Gasteiger partial charge is 0.251 e. The molecule has 3 atom stereocenters. The van der Waals surface area contributed by atoms with Crippen molar-refractivity contribution in [3.8, 4) is 0 Å². The first-order valence-corrected chi connectivity index (χ1v) is 8.27. The van der Waals surface area contributed by atoms with E-state index in [-0.39, 0.29) is 19.6 Å². The van der Waals surface area contributed by atoms with Crippen LogP contribution in [0.4, 0.5) is 0 Å². The van der Waals surface area contributed by atoms with Crippen molar-refractivity contribution in [1.82, 2.24) is 10.2 Å². The lowest BCUT2D eigenvalue weighted by molar-refractivity contribution is -0.217. The van der Waals surface area contributed by atoms with Crippen molar-refractivity contribution in [3.05, 3.63) is 12.3 Å². The van der Waals surface area contributed by atoms with E-state index in [1.165, 1.54) is 33.6 Å². The van der Waals surface area contributed by atoms with Gasteiger partial charge in [-0.15, -0.1) is 0 Å². The lowest BCUT2D eigenvalue weighted by atomic mass is 10.4. The second kappa shape index (κ2) is 14.2. The van der Waals surface area contributed by atoms with Gasteiger partial charge in [0.05, 0.1) is 13.2 Å². The molecule has 0 aromatic carbocycles. The van der Waals surface area contributed by atoms with E-state index in [0.717, 1.165) is 0 Å². The van der Waals surface area contributed by atoms with Gasteiger partial charge in [-0.05, 0) is 0 Å². The summed E-state index contributed by atoms with van der Waals surface area (Å²) in [7, 11) is 4.32. The van der Waals surface area contributed by atoms with E-state index >= 15 is 0 Å². The normalized spacial score (nSPS) is 15.0. The maximum Gasteiger partial charge on any atom is 0.251 e.